The average Bonchev–Trinajstić information content (AvgIpc) is 1.68. The highest BCUT2D eigenvalue weighted by atomic mass is 32.2. The molecule has 0 radical (unpaired) electrons. The van der Waals surface area contributed by atoms with Gasteiger partial charge in [-0.1, -0.05) is 18.9 Å². The molecule has 0 saturated heterocycles. The molecular formula is C4H11NOS. The third-order valence-corrected chi connectivity index (χ3v) is 1.34. The van der Waals surface area contributed by atoms with Gasteiger partial charge in [0, 0.05) is 12.8 Å². The Bertz CT molecular complexity index is 42.7. The summed E-state index contributed by atoms with van der Waals surface area (Å²) in [4.78, 5) is 4.79. The van der Waals surface area contributed by atoms with Gasteiger partial charge in [0.05, 0.1) is 7.11 Å². The minimum Gasteiger partial charge on any atom is -0.292 e. The first-order chi connectivity index (χ1) is 3.31. The predicted octanol–water partition coefficient (Wildman–Crippen LogP) is 1.15. The van der Waals surface area contributed by atoms with Crippen molar-refractivity contribution >= 4 is 11.9 Å². The summed E-state index contributed by atoms with van der Waals surface area (Å²) < 4.78 is 1.72. The molecule has 0 unspecified atom stereocenters. The SMILES string of the molecule is CCSN(C)OC. The van der Waals surface area contributed by atoms with Crippen molar-refractivity contribution in [1.29, 1.82) is 0 Å². The number of nitrogens with zero attached hydrogens (tertiary/aromatic N) is 1. The zero-order valence-corrected chi connectivity index (χ0v) is 5.79. The van der Waals surface area contributed by atoms with Gasteiger partial charge in [0.25, 0.3) is 0 Å². The summed E-state index contributed by atoms with van der Waals surface area (Å²) in [5.41, 5.74) is 0. The monoisotopic (exact) mass is 121 g/mol. The van der Waals surface area contributed by atoms with Crippen molar-refractivity contribution in [3.8, 4) is 0 Å². The first kappa shape index (κ1) is 7.27. The lowest BCUT2D eigenvalue weighted by Gasteiger charge is -2.08. The molecule has 0 fully saturated rings. The van der Waals surface area contributed by atoms with E-state index in [-0.39, 0.29) is 0 Å². The largest absolute Gasteiger partial charge is 0.292 e. The molecular weight excluding hydrogens is 110 g/mol. The van der Waals surface area contributed by atoms with Crippen LogP contribution in [-0.2, 0) is 4.84 Å². The second-order valence-electron chi connectivity index (χ2n) is 1.04. The van der Waals surface area contributed by atoms with E-state index in [1.54, 1.807) is 23.5 Å². The van der Waals surface area contributed by atoms with E-state index in [0.717, 1.165) is 5.75 Å². The van der Waals surface area contributed by atoms with Gasteiger partial charge in [0.15, 0.2) is 0 Å². The van der Waals surface area contributed by atoms with Crippen molar-refractivity contribution in [2.24, 2.45) is 0 Å². The zero-order chi connectivity index (χ0) is 5.70. The topological polar surface area (TPSA) is 12.5 Å². The summed E-state index contributed by atoms with van der Waals surface area (Å²) in [6.45, 7) is 2.08. The Morgan fingerprint density at radius 1 is 1.71 bits per heavy atom. The maximum absolute atomic E-state index is 4.79. The van der Waals surface area contributed by atoms with Crippen LogP contribution in [0, 0.1) is 0 Å². The van der Waals surface area contributed by atoms with E-state index in [2.05, 4.69) is 6.92 Å². The highest BCUT2D eigenvalue weighted by Gasteiger charge is 1.88. The van der Waals surface area contributed by atoms with E-state index in [1.165, 1.54) is 0 Å². The van der Waals surface area contributed by atoms with Crippen molar-refractivity contribution in [2.75, 3.05) is 19.9 Å². The van der Waals surface area contributed by atoms with Crippen molar-refractivity contribution < 1.29 is 4.84 Å². The summed E-state index contributed by atoms with van der Waals surface area (Å²) in [7, 11) is 3.54. The van der Waals surface area contributed by atoms with Crippen molar-refractivity contribution in [2.45, 2.75) is 6.92 Å². The second-order valence-corrected chi connectivity index (χ2v) is 2.39. The standard InChI is InChI=1S/C4H11NOS/c1-4-7-5(2)6-3/h4H2,1-3H3. The van der Waals surface area contributed by atoms with Gasteiger partial charge < -0.3 is 0 Å². The van der Waals surface area contributed by atoms with Gasteiger partial charge in [-0.05, 0) is 0 Å². The molecule has 0 aromatic heterocycles. The summed E-state index contributed by atoms with van der Waals surface area (Å²) in [5, 5.41) is 0. The molecule has 0 N–H and O–H groups in total. The molecule has 44 valence electrons. The number of hydrogen-bond donors (Lipinski definition) is 0. The van der Waals surface area contributed by atoms with Crippen LogP contribution in [0.4, 0.5) is 0 Å². The van der Waals surface area contributed by atoms with Crippen LogP contribution in [0.1, 0.15) is 6.92 Å². The molecule has 2 nitrogen and oxygen atoms in total. The highest BCUT2D eigenvalue weighted by Crippen LogP contribution is 2.02. The molecule has 3 heteroatoms. The number of hydroxylamine groups is 1. The van der Waals surface area contributed by atoms with Crippen LogP contribution >= 0.6 is 11.9 Å². The molecule has 0 amide bonds. The molecule has 0 atom stereocenters. The Labute approximate surface area is 48.9 Å². The fourth-order valence-corrected chi connectivity index (χ4v) is 0.704. The summed E-state index contributed by atoms with van der Waals surface area (Å²) in [5.74, 6) is 1.06. The Balaban J connectivity index is 2.83. The minimum absolute atomic E-state index is 1.06. The smallest absolute Gasteiger partial charge is 0.0586 e. The molecule has 0 spiro atoms. The quantitative estimate of drug-likeness (QED) is 0.410. The zero-order valence-electron chi connectivity index (χ0n) is 4.97. The highest BCUT2D eigenvalue weighted by molar-refractivity contribution is 7.96. The lowest BCUT2D eigenvalue weighted by atomic mass is 11.0. The average molecular weight is 121 g/mol. The third kappa shape index (κ3) is 4.12. The van der Waals surface area contributed by atoms with Crippen molar-refractivity contribution in [3.63, 3.8) is 0 Å². The maximum Gasteiger partial charge on any atom is 0.0586 e. The van der Waals surface area contributed by atoms with Gasteiger partial charge in [0.2, 0.25) is 0 Å². The minimum atomic E-state index is 1.06. The molecule has 0 saturated carbocycles. The Hall–Kier alpha value is 0.270. The van der Waals surface area contributed by atoms with Gasteiger partial charge in [0.1, 0.15) is 0 Å². The van der Waals surface area contributed by atoms with Crippen LogP contribution in [0.3, 0.4) is 0 Å². The Morgan fingerprint density at radius 2 is 2.29 bits per heavy atom. The summed E-state index contributed by atoms with van der Waals surface area (Å²) >= 11 is 1.64. The van der Waals surface area contributed by atoms with Gasteiger partial charge in [-0.25, -0.2) is 0 Å². The molecule has 0 aliphatic carbocycles. The fourth-order valence-electron chi connectivity index (χ4n) is 0.235. The van der Waals surface area contributed by atoms with Crippen molar-refractivity contribution in [1.82, 2.24) is 4.47 Å². The van der Waals surface area contributed by atoms with Gasteiger partial charge in [-0.2, -0.15) is 0 Å². The second kappa shape index (κ2) is 4.43. The Kier molecular flexibility index (Phi) is 4.60. The van der Waals surface area contributed by atoms with Gasteiger partial charge in [-0.3, -0.25) is 4.84 Å². The molecule has 0 aromatic carbocycles. The van der Waals surface area contributed by atoms with E-state index in [1.807, 2.05) is 7.05 Å². The van der Waals surface area contributed by atoms with Crippen LogP contribution in [0.25, 0.3) is 0 Å². The first-order valence-electron chi connectivity index (χ1n) is 2.22. The lowest BCUT2D eigenvalue weighted by molar-refractivity contribution is -0.0144. The first-order valence-corrected chi connectivity index (χ1v) is 3.16. The van der Waals surface area contributed by atoms with Crippen LogP contribution in [0.15, 0.2) is 0 Å². The normalized spacial score (nSPS) is 10.3. The van der Waals surface area contributed by atoms with E-state index in [0.29, 0.717) is 0 Å². The molecule has 0 aliphatic rings. The molecule has 0 heterocycles. The number of hydrogen-bond acceptors (Lipinski definition) is 3. The van der Waals surface area contributed by atoms with E-state index < -0.39 is 0 Å². The number of rotatable bonds is 3. The molecule has 0 bridgehead atoms. The van der Waals surface area contributed by atoms with E-state index >= 15 is 0 Å². The third-order valence-electron chi connectivity index (χ3n) is 0.568. The van der Waals surface area contributed by atoms with Crippen molar-refractivity contribution in [3.05, 3.63) is 0 Å². The molecule has 7 heavy (non-hydrogen) atoms. The maximum atomic E-state index is 4.79. The molecule has 0 rings (SSSR count). The Morgan fingerprint density at radius 3 is 2.43 bits per heavy atom. The molecule has 0 aliphatic heterocycles. The van der Waals surface area contributed by atoms with E-state index in [9.17, 15) is 0 Å². The fraction of sp³-hybridized carbons (Fsp3) is 1.00. The lowest BCUT2D eigenvalue weighted by Crippen LogP contribution is -2.05. The van der Waals surface area contributed by atoms with Crippen LogP contribution in [0.2, 0.25) is 0 Å². The van der Waals surface area contributed by atoms with Crippen LogP contribution < -0.4 is 0 Å². The van der Waals surface area contributed by atoms with E-state index in [4.69, 9.17) is 4.84 Å². The van der Waals surface area contributed by atoms with Crippen LogP contribution in [0.5, 0.6) is 0 Å². The van der Waals surface area contributed by atoms with Gasteiger partial charge >= 0.3 is 0 Å². The summed E-state index contributed by atoms with van der Waals surface area (Å²) in [6.07, 6.45) is 0. The molecule has 0 aromatic rings. The predicted molar refractivity (Wildman–Crippen MR) is 32.9 cm³/mol. The van der Waals surface area contributed by atoms with Crippen LogP contribution in [-0.4, -0.2) is 24.4 Å². The van der Waals surface area contributed by atoms with Gasteiger partial charge in [-0.15, -0.1) is 4.47 Å². The summed E-state index contributed by atoms with van der Waals surface area (Å²) in [6, 6.07) is 0.